The number of aliphatic hydroxyl groups is 1. The maximum Gasteiger partial charge on any atom is 0.314 e. The van der Waals surface area contributed by atoms with Crippen LogP contribution in [0.4, 0.5) is 4.79 Å². The molecule has 1 heterocycles. The molecule has 1 saturated heterocycles. The number of carbonyl (C=O) groups is 1. The smallest absolute Gasteiger partial charge is 0.314 e. The molecule has 5 nitrogen and oxygen atoms in total. The van der Waals surface area contributed by atoms with Crippen molar-refractivity contribution < 1.29 is 9.90 Å². The Labute approximate surface area is 116 Å². The molecule has 0 radical (unpaired) electrons. The number of aliphatic hydroxyl groups excluding tert-OH is 1. The molecule has 1 fully saturated rings. The highest BCUT2D eigenvalue weighted by atomic mass is 16.3. The Bertz CT molecular complexity index is 253. The van der Waals surface area contributed by atoms with E-state index in [9.17, 15) is 4.79 Å². The van der Waals surface area contributed by atoms with Gasteiger partial charge in [0, 0.05) is 19.7 Å². The van der Waals surface area contributed by atoms with E-state index in [2.05, 4.69) is 22.6 Å². The lowest BCUT2D eigenvalue weighted by Crippen LogP contribution is -2.39. The summed E-state index contributed by atoms with van der Waals surface area (Å²) in [4.78, 5) is 13.9. The first-order chi connectivity index (χ1) is 9.11. The van der Waals surface area contributed by atoms with Gasteiger partial charge in [-0.2, -0.15) is 0 Å². The standard InChI is InChI=1S/C14H29N3O2/c1-12(6-10-18)11-16-14(19)15-7-3-13-4-8-17(2)9-5-13/h12-13,18H,3-11H2,1-2H3,(H2,15,16,19). The van der Waals surface area contributed by atoms with Crippen LogP contribution in [0.25, 0.3) is 0 Å². The summed E-state index contributed by atoms with van der Waals surface area (Å²) in [6, 6.07) is -0.0854. The molecule has 0 aliphatic carbocycles. The zero-order valence-electron chi connectivity index (χ0n) is 12.3. The third-order valence-electron chi connectivity index (χ3n) is 3.91. The maximum absolute atomic E-state index is 11.6. The second-order valence-electron chi connectivity index (χ2n) is 5.79. The van der Waals surface area contributed by atoms with E-state index in [4.69, 9.17) is 5.11 Å². The predicted octanol–water partition coefficient (Wildman–Crippen LogP) is 1.04. The van der Waals surface area contributed by atoms with Gasteiger partial charge in [0.25, 0.3) is 0 Å². The number of likely N-dealkylation sites (tertiary alicyclic amines) is 1. The van der Waals surface area contributed by atoms with E-state index < -0.39 is 0 Å². The van der Waals surface area contributed by atoms with Crippen LogP contribution in [0.5, 0.6) is 0 Å². The van der Waals surface area contributed by atoms with Gasteiger partial charge in [0.1, 0.15) is 0 Å². The molecule has 1 atom stereocenters. The zero-order valence-corrected chi connectivity index (χ0v) is 12.3. The lowest BCUT2D eigenvalue weighted by atomic mass is 9.94. The van der Waals surface area contributed by atoms with Gasteiger partial charge in [0.2, 0.25) is 0 Å². The zero-order chi connectivity index (χ0) is 14.1. The summed E-state index contributed by atoms with van der Waals surface area (Å²) in [5, 5.41) is 14.5. The Balaban J connectivity index is 2.01. The van der Waals surface area contributed by atoms with Crippen molar-refractivity contribution in [2.24, 2.45) is 11.8 Å². The van der Waals surface area contributed by atoms with Crippen molar-refractivity contribution in [3.05, 3.63) is 0 Å². The van der Waals surface area contributed by atoms with Crippen molar-refractivity contribution in [1.82, 2.24) is 15.5 Å². The molecule has 1 rings (SSSR count). The fourth-order valence-corrected chi connectivity index (χ4v) is 2.39. The molecule has 19 heavy (non-hydrogen) atoms. The highest BCUT2D eigenvalue weighted by molar-refractivity contribution is 5.73. The SMILES string of the molecule is CC(CCO)CNC(=O)NCCC1CCN(C)CC1. The summed E-state index contributed by atoms with van der Waals surface area (Å²) in [6.07, 6.45) is 4.30. The van der Waals surface area contributed by atoms with Gasteiger partial charge in [-0.3, -0.25) is 0 Å². The lowest BCUT2D eigenvalue weighted by Gasteiger charge is -2.28. The molecule has 1 aliphatic rings. The molecule has 0 aromatic carbocycles. The Kier molecular flexibility index (Phi) is 7.82. The van der Waals surface area contributed by atoms with Gasteiger partial charge in [-0.1, -0.05) is 6.92 Å². The van der Waals surface area contributed by atoms with E-state index in [1.165, 1.54) is 25.9 Å². The molecule has 0 bridgehead atoms. The van der Waals surface area contributed by atoms with Crippen molar-refractivity contribution in [3.63, 3.8) is 0 Å². The number of urea groups is 1. The van der Waals surface area contributed by atoms with E-state index in [1.54, 1.807) is 0 Å². The number of hydrogen-bond acceptors (Lipinski definition) is 3. The third-order valence-corrected chi connectivity index (χ3v) is 3.91. The van der Waals surface area contributed by atoms with Crippen molar-refractivity contribution in [1.29, 1.82) is 0 Å². The summed E-state index contributed by atoms with van der Waals surface area (Å²) >= 11 is 0. The van der Waals surface area contributed by atoms with Gasteiger partial charge < -0.3 is 20.6 Å². The first-order valence-electron chi connectivity index (χ1n) is 7.43. The number of amides is 2. The number of rotatable bonds is 7. The first-order valence-corrected chi connectivity index (χ1v) is 7.43. The Morgan fingerprint density at radius 3 is 2.68 bits per heavy atom. The minimum atomic E-state index is -0.0854. The summed E-state index contributed by atoms with van der Waals surface area (Å²) in [6.45, 7) is 5.94. The average molecular weight is 271 g/mol. The molecular formula is C14H29N3O2. The molecule has 0 aromatic heterocycles. The molecule has 1 aliphatic heterocycles. The minimum absolute atomic E-state index is 0.0854. The van der Waals surface area contributed by atoms with Crippen LogP contribution in [0.3, 0.4) is 0 Å². The number of nitrogens with zero attached hydrogens (tertiary/aromatic N) is 1. The van der Waals surface area contributed by atoms with Gasteiger partial charge in [-0.05, 0) is 57.7 Å². The third kappa shape index (κ3) is 7.38. The number of hydrogen-bond donors (Lipinski definition) is 3. The van der Waals surface area contributed by atoms with Gasteiger partial charge in [0.15, 0.2) is 0 Å². The largest absolute Gasteiger partial charge is 0.396 e. The van der Waals surface area contributed by atoms with Crippen LogP contribution in [0.2, 0.25) is 0 Å². The van der Waals surface area contributed by atoms with Crippen molar-refractivity contribution in [3.8, 4) is 0 Å². The number of carbonyl (C=O) groups excluding carboxylic acids is 1. The maximum atomic E-state index is 11.6. The summed E-state index contributed by atoms with van der Waals surface area (Å²) in [7, 11) is 2.16. The Morgan fingerprint density at radius 2 is 2.05 bits per heavy atom. The van der Waals surface area contributed by atoms with Crippen LogP contribution >= 0.6 is 0 Å². The van der Waals surface area contributed by atoms with Crippen molar-refractivity contribution in [2.45, 2.75) is 32.6 Å². The second kappa shape index (κ2) is 9.15. The van der Waals surface area contributed by atoms with Crippen LogP contribution in [0.1, 0.15) is 32.6 Å². The molecule has 0 spiro atoms. The second-order valence-corrected chi connectivity index (χ2v) is 5.79. The van der Waals surface area contributed by atoms with Crippen molar-refractivity contribution in [2.75, 3.05) is 39.8 Å². The highest BCUT2D eigenvalue weighted by Gasteiger charge is 2.16. The average Bonchev–Trinajstić information content (AvgIpc) is 2.39. The van der Waals surface area contributed by atoms with Crippen LogP contribution in [0.15, 0.2) is 0 Å². The van der Waals surface area contributed by atoms with E-state index >= 15 is 0 Å². The minimum Gasteiger partial charge on any atom is -0.396 e. The molecule has 3 N–H and O–H groups in total. The number of nitrogens with one attached hydrogen (secondary N) is 2. The molecule has 112 valence electrons. The van der Waals surface area contributed by atoms with Gasteiger partial charge in [-0.25, -0.2) is 4.79 Å². The van der Waals surface area contributed by atoms with E-state index in [-0.39, 0.29) is 12.6 Å². The first kappa shape index (κ1) is 16.2. The molecule has 0 aromatic rings. The summed E-state index contributed by atoms with van der Waals surface area (Å²) < 4.78 is 0. The molecule has 5 heteroatoms. The predicted molar refractivity (Wildman–Crippen MR) is 77.1 cm³/mol. The lowest BCUT2D eigenvalue weighted by molar-refractivity contribution is 0.209. The van der Waals surface area contributed by atoms with Gasteiger partial charge in [0.05, 0.1) is 0 Å². The molecule has 1 unspecified atom stereocenters. The Morgan fingerprint density at radius 1 is 1.37 bits per heavy atom. The monoisotopic (exact) mass is 271 g/mol. The topological polar surface area (TPSA) is 64.6 Å². The Hall–Kier alpha value is -0.810. The normalized spacial score (nSPS) is 19.1. The van der Waals surface area contributed by atoms with Gasteiger partial charge >= 0.3 is 6.03 Å². The van der Waals surface area contributed by atoms with E-state index in [0.29, 0.717) is 12.5 Å². The number of piperidine rings is 1. The quantitative estimate of drug-likeness (QED) is 0.648. The van der Waals surface area contributed by atoms with Crippen LogP contribution in [-0.2, 0) is 0 Å². The fraction of sp³-hybridized carbons (Fsp3) is 0.929. The molecule has 0 saturated carbocycles. The van der Waals surface area contributed by atoms with E-state index in [0.717, 1.165) is 25.3 Å². The summed E-state index contributed by atoms with van der Waals surface area (Å²) in [5.41, 5.74) is 0. The fourth-order valence-electron chi connectivity index (χ4n) is 2.39. The van der Waals surface area contributed by atoms with Crippen LogP contribution in [0, 0.1) is 11.8 Å². The molecule has 2 amide bonds. The van der Waals surface area contributed by atoms with Crippen molar-refractivity contribution >= 4 is 6.03 Å². The van der Waals surface area contributed by atoms with Crippen LogP contribution in [-0.4, -0.2) is 55.9 Å². The summed E-state index contributed by atoms with van der Waals surface area (Å²) in [5.74, 6) is 1.08. The molecular weight excluding hydrogens is 242 g/mol. The van der Waals surface area contributed by atoms with E-state index in [1.807, 2.05) is 6.92 Å². The van der Waals surface area contributed by atoms with Gasteiger partial charge in [-0.15, -0.1) is 0 Å². The van der Waals surface area contributed by atoms with Crippen LogP contribution < -0.4 is 10.6 Å². The highest BCUT2D eigenvalue weighted by Crippen LogP contribution is 2.18.